The van der Waals surface area contributed by atoms with Crippen molar-refractivity contribution in [3.8, 4) is 0 Å². The third-order valence-corrected chi connectivity index (χ3v) is 4.13. The zero-order valence-electron chi connectivity index (χ0n) is 7.73. The molecule has 0 radical (unpaired) electrons. The third-order valence-electron chi connectivity index (χ3n) is 2.05. The molecule has 2 atom stereocenters. The topological polar surface area (TPSA) is 46.6 Å². The Kier molecular flexibility index (Phi) is 3.73. The molecule has 0 N–H and O–H groups in total. The second kappa shape index (κ2) is 4.25. The molecule has 0 saturated carbocycles. The predicted molar refractivity (Wildman–Crippen MR) is 54.5 cm³/mol. The molecule has 13 heavy (non-hydrogen) atoms. The Hall–Kier alpha value is 0.350. The molecule has 1 rings (SSSR count). The van der Waals surface area contributed by atoms with Crippen molar-refractivity contribution in [1.29, 1.82) is 0 Å². The lowest BCUT2D eigenvalue weighted by Gasteiger charge is -2.35. The van der Waals surface area contributed by atoms with Crippen LogP contribution in [-0.2, 0) is 14.8 Å². The summed E-state index contributed by atoms with van der Waals surface area (Å²) >= 11 is 3.28. The number of ether oxygens (including phenoxy) is 1. The van der Waals surface area contributed by atoms with Crippen LogP contribution in [0.3, 0.4) is 0 Å². The van der Waals surface area contributed by atoms with Crippen molar-refractivity contribution in [1.82, 2.24) is 4.31 Å². The largest absolute Gasteiger partial charge is 0.374 e. The van der Waals surface area contributed by atoms with E-state index in [1.807, 2.05) is 6.92 Å². The van der Waals surface area contributed by atoms with E-state index in [0.29, 0.717) is 18.5 Å². The van der Waals surface area contributed by atoms with E-state index in [4.69, 9.17) is 4.74 Å². The predicted octanol–water partition coefficient (Wildman–Crippen LogP) is 0.430. The minimum Gasteiger partial charge on any atom is -0.374 e. The van der Waals surface area contributed by atoms with Crippen molar-refractivity contribution in [2.24, 2.45) is 0 Å². The highest BCUT2D eigenvalue weighted by Crippen LogP contribution is 2.15. The first kappa shape index (κ1) is 11.4. The zero-order chi connectivity index (χ0) is 10.1. The smallest absolute Gasteiger partial charge is 0.211 e. The highest BCUT2D eigenvalue weighted by Gasteiger charge is 2.31. The summed E-state index contributed by atoms with van der Waals surface area (Å²) < 4.78 is 29.5. The number of morpholine rings is 1. The average molecular weight is 272 g/mol. The van der Waals surface area contributed by atoms with Crippen LogP contribution in [0.4, 0.5) is 0 Å². The van der Waals surface area contributed by atoms with E-state index in [-0.39, 0.29) is 12.1 Å². The maximum atomic E-state index is 11.3. The van der Waals surface area contributed by atoms with Gasteiger partial charge in [-0.05, 0) is 6.92 Å². The van der Waals surface area contributed by atoms with Gasteiger partial charge >= 0.3 is 0 Å². The SMILES string of the molecule is CC1COC(CBr)CN1S(C)(=O)=O. The molecule has 0 amide bonds. The van der Waals surface area contributed by atoms with Crippen LogP contribution in [0.15, 0.2) is 0 Å². The van der Waals surface area contributed by atoms with Gasteiger partial charge in [0.05, 0.1) is 19.0 Å². The second-order valence-corrected chi connectivity index (χ2v) is 5.87. The van der Waals surface area contributed by atoms with Gasteiger partial charge in [0.25, 0.3) is 0 Å². The van der Waals surface area contributed by atoms with Gasteiger partial charge < -0.3 is 4.74 Å². The molecule has 1 fully saturated rings. The summed E-state index contributed by atoms with van der Waals surface area (Å²) in [5.41, 5.74) is 0. The van der Waals surface area contributed by atoms with E-state index >= 15 is 0 Å². The maximum absolute atomic E-state index is 11.3. The molecular weight excluding hydrogens is 258 g/mol. The molecule has 1 aliphatic heterocycles. The summed E-state index contributed by atoms with van der Waals surface area (Å²) in [5, 5.41) is 0.672. The molecule has 1 saturated heterocycles. The van der Waals surface area contributed by atoms with Gasteiger partial charge in [0.15, 0.2) is 0 Å². The summed E-state index contributed by atoms with van der Waals surface area (Å²) in [6.07, 6.45) is 1.21. The first-order chi connectivity index (χ1) is 5.95. The Balaban J connectivity index is 2.71. The number of nitrogens with zero attached hydrogens (tertiary/aromatic N) is 1. The summed E-state index contributed by atoms with van der Waals surface area (Å²) in [6.45, 7) is 2.78. The molecule has 4 nitrogen and oxygen atoms in total. The molecule has 0 aliphatic carbocycles. The van der Waals surface area contributed by atoms with Crippen LogP contribution >= 0.6 is 15.9 Å². The summed E-state index contributed by atoms with van der Waals surface area (Å²) in [6, 6.07) is -0.0506. The lowest BCUT2D eigenvalue weighted by atomic mass is 10.2. The van der Waals surface area contributed by atoms with Crippen molar-refractivity contribution >= 4 is 26.0 Å². The molecule has 0 bridgehead atoms. The maximum Gasteiger partial charge on any atom is 0.211 e. The van der Waals surface area contributed by atoms with Crippen LogP contribution in [0.2, 0.25) is 0 Å². The number of hydrogen-bond acceptors (Lipinski definition) is 3. The van der Waals surface area contributed by atoms with Crippen molar-refractivity contribution in [3.05, 3.63) is 0 Å². The van der Waals surface area contributed by atoms with Crippen LogP contribution in [0.5, 0.6) is 0 Å². The fraction of sp³-hybridized carbons (Fsp3) is 1.00. The van der Waals surface area contributed by atoms with Gasteiger partial charge in [-0.3, -0.25) is 0 Å². The van der Waals surface area contributed by atoms with Gasteiger partial charge in [0.1, 0.15) is 0 Å². The van der Waals surface area contributed by atoms with Crippen molar-refractivity contribution in [2.75, 3.05) is 24.7 Å². The summed E-state index contributed by atoms with van der Waals surface area (Å²) in [7, 11) is -3.09. The molecule has 0 aromatic rings. The number of sulfonamides is 1. The molecule has 0 aromatic carbocycles. The minimum atomic E-state index is -3.09. The standard InChI is InChI=1S/C7H14BrNO3S/c1-6-5-12-7(3-8)4-9(6)13(2,10)11/h6-7H,3-5H2,1-2H3. The van der Waals surface area contributed by atoms with Crippen molar-refractivity contribution < 1.29 is 13.2 Å². The molecule has 0 spiro atoms. The molecule has 78 valence electrons. The quantitative estimate of drug-likeness (QED) is 0.685. The van der Waals surface area contributed by atoms with E-state index in [1.165, 1.54) is 10.6 Å². The van der Waals surface area contributed by atoms with E-state index < -0.39 is 10.0 Å². The Bertz CT molecular complexity index is 267. The summed E-state index contributed by atoms with van der Waals surface area (Å²) in [4.78, 5) is 0. The van der Waals surface area contributed by atoms with E-state index in [1.54, 1.807) is 0 Å². The monoisotopic (exact) mass is 271 g/mol. The van der Waals surface area contributed by atoms with Crippen LogP contribution in [0.25, 0.3) is 0 Å². The molecule has 1 heterocycles. The fourth-order valence-electron chi connectivity index (χ4n) is 1.35. The number of hydrogen-bond donors (Lipinski definition) is 0. The lowest BCUT2D eigenvalue weighted by molar-refractivity contribution is -0.0136. The lowest BCUT2D eigenvalue weighted by Crippen LogP contribution is -2.51. The Morgan fingerprint density at radius 1 is 1.62 bits per heavy atom. The van der Waals surface area contributed by atoms with E-state index in [9.17, 15) is 8.42 Å². The Labute approximate surface area is 87.4 Å². The van der Waals surface area contributed by atoms with E-state index in [0.717, 1.165) is 0 Å². The van der Waals surface area contributed by atoms with Crippen LogP contribution < -0.4 is 0 Å². The highest BCUT2D eigenvalue weighted by molar-refractivity contribution is 9.09. The Morgan fingerprint density at radius 2 is 2.23 bits per heavy atom. The van der Waals surface area contributed by atoms with Crippen LogP contribution in [0.1, 0.15) is 6.92 Å². The second-order valence-electron chi connectivity index (χ2n) is 3.29. The van der Waals surface area contributed by atoms with Crippen molar-refractivity contribution in [2.45, 2.75) is 19.1 Å². The molecule has 1 aliphatic rings. The van der Waals surface area contributed by atoms with Gasteiger partial charge in [0.2, 0.25) is 10.0 Å². The van der Waals surface area contributed by atoms with Crippen molar-refractivity contribution in [3.63, 3.8) is 0 Å². The fourth-order valence-corrected chi connectivity index (χ4v) is 2.89. The van der Waals surface area contributed by atoms with E-state index in [2.05, 4.69) is 15.9 Å². The van der Waals surface area contributed by atoms with Crippen LogP contribution in [-0.4, -0.2) is 49.6 Å². The number of halogens is 1. The zero-order valence-corrected chi connectivity index (χ0v) is 10.1. The third kappa shape index (κ3) is 2.90. The first-order valence-electron chi connectivity index (χ1n) is 4.09. The molecule has 6 heteroatoms. The van der Waals surface area contributed by atoms with Crippen LogP contribution in [0, 0.1) is 0 Å². The number of alkyl halides is 1. The van der Waals surface area contributed by atoms with Gasteiger partial charge in [0, 0.05) is 17.9 Å². The summed E-state index contributed by atoms with van der Waals surface area (Å²) in [5.74, 6) is 0. The molecular formula is C7H14BrNO3S. The van der Waals surface area contributed by atoms with Gasteiger partial charge in [-0.15, -0.1) is 0 Å². The Morgan fingerprint density at radius 3 is 2.69 bits per heavy atom. The first-order valence-corrected chi connectivity index (χ1v) is 7.06. The average Bonchev–Trinajstić information content (AvgIpc) is 2.03. The molecule has 2 unspecified atom stereocenters. The molecule has 0 aromatic heterocycles. The van der Waals surface area contributed by atoms with Gasteiger partial charge in [-0.2, -0.15) is 4.31 Å². The normalized spacial score (nSPS) is 31.9. The van der Waals surface area contributed by atoms with Gasteiger partial charge in [-0.25, -0.2) is 8.42 Å². The number of rotatable bonds is 2. The minimum absolute atomic E-state index is 0.0223. The van der Waals surface area contributed by atoms with Gasteiger partial charge in [-0.1, -0.05) is 15.9 Å². The highest BCUT2D eigenvalue weighted by atomic mass is 79.9.